The van der Waals surface area contributed by atoms with E-state index in [0.717, 1.165) is 37.0 Å². The first-order valence-electron chi connectivity index (χ1n) is 8.42. The number of nitrogens with one attached hydrogen (secondary N) is 1. The molecule has 0 radical (unpaired) electrons. The van der Waals surface area contributed by atoms with Crippen LogP contribution in [-0.4, -0.2) is 27.1 Å². The van der Waals surface area contributed by atoms with Gasteiger partial charge in [0.2, 0.25) is 5.28 Å². The van der Waals surface area contributed by atoms with Crippen molar-refractivity contribution < 1.29 is 18.7 Å². The van der Waals surface area contributed by atoms with Crippen LogP contribution in [0, 0.1) is 28.7 Å². The van der Waals surface area contributed by atoms with Crippen LogP contribution >= 0.6 is 22.9 Å². The zero-order valence-electron chi connectivity index (χ0n) is 13.6. The molecule has 2 aromatic heterocycles. The maximum atomic E-state index is 15.0. The Morgan fingerprint density at radius 1 is 1.19 bits per heavy atom. The van der Waals surface area contributed by atoms with Crippen LogP contribution in [0.1, 0.15) is 25.7 Å². The number of fused-ring (bicyclic) bond motifs is 3. The van der Waals surface area contributed by atoms with Crippen molar-refractivity contribution in [3.05, 3.63) is 28.4 Å². The second-order valence-electron chi connectivity index (χ2n) is 6.82. The lowest BCUT2D eigenvalue weighted by molar-refractivity contribution is -0.148. The summed E-state index contributed by atoms with van der Waals surface area (Å²) in [6.07, 6.45) is 3.59. The van der Waals surface area contributed by atoms with Gasteiger partial charge in [-0.1, -0.05) is 0 Å². The van der Waals surface area contributed by atoms with Crippen LogP contribution in [-0.2, 0) is 4.79 Å². The summed E-state index contributed by atoms with van der Waals surface area (Å²) in [4.78, 5) is 19.9. The third-order valence-electron chi connectivity index (χ3n) is 5.44. The average Bonchev–Trinajstić information content (AvgIpc) is 3.04. The summed E-state index contributed by atoms with van der Waals surface area (Å²) in [6, 6.07) is 2.24. The third kappa shape index (κ3) is 3.05. The summed E-state index contributed by atoms with van der Waals surface area (Å²) in [5.41, 5.74) is -0.0887. The number of anilines is 1. The van der Waals surface area contributed by atoms with Gasteiger partial charge in [0.25, 0.3) is 0 Å². The van der Waals surface area contributed by atoms with Crippen molar-refractivity contribution >= 4 is 34.7 Å². The highest BCUT2D eigenvalue weighted by Crippen LogP contribution is 2.46. The molecule has 5 rings (SSSR count). The quantitative estimate of drug-likeness (QED) is 0.743. The number of halogens is 3. The van der Waals surface area contributed by atoms with E-state index < -0.39 is 28.9 Å². The minimum absolute atomic E-state index is 0.0845. The van der Waals surface area contributed by atoms with Crippen molar-refractivity contribution in [1.82, 2.24) is 9.97 Å². The summed E-state index contributed by atoms with van der Waals surface area (Å²) in [7, 11) is 0. The van der Waals surface area contributed by atoms with Gasteiger partial charge >= 0.3 is 5.97 Å². The fraction of sp³-hybridized carbons (Fsp3) is 0.471. The largest absolute Gasteiger partial charge is 0.481 e. The molecule has 3 fully saturated rings. The molecule has 26 heavy (non-hydrogen) atoms. The molecule has 2 heterocycles. The van der Waals surface area contributed by atoms with Crippen LogP contribution in [0.25, 0.3) is 10.6 Å². The summed E-state index contributed by atoms with van der Waals surface area (Å²) in [5.74, 6) is -2.10. The van der Waals surface area contributed by atoms with Crippen molar-refractivity contribution in [3.63, 3.8) is 0 Å². The molecular weight excluding hydrogens is 384 g/mol. The number of aliphatic carboxylic acids is 1. The van der Waals surface area contributed by atoms with Crippen LogP contribution in [0.4, 0.5) is 14.6 Å². The van der Waals surface area contributed by atoms with Crippen LogP contribution < -0.4 is 5.32 Å². The first-order chi connectivity index (χ1) is 12.4. The Bertz CT molecular complexity index is 855. The van der Waals surface area contributed by atoms with Crippen molar-refractivity contribution in [2.75, 3.05) is 5.32 Å². The maximum Gasteiger partial charge on any atom is 0.308 e. The molecule has 2 unspecified atom stereocenters. The SMILES string of the molecule is O=C(O)C1C2CCC(CC2)C1Nc1nc(Cl)nc(-c2ccc(F)s2)c1F. The number of rotatable bonds is 4. The van der Waals surface area contributed by atoms with Gasteiger partial charge in [0.05, 0.1) is 10.8 Å². The summed E-state index contributed by atoms with van der Waals surface area (Å²) in [5, 5.41) is 12.0. The molecule has 0 aromatic carbocycles. The molecule has 2 atom stereocenters. The molecule has 3 aliphatic carbocycles. The van der Waals surface area contributed by atoms with Crippen molar-refractivity contribution in [3.8, 4) is 10.6 Å². The second-order valence-corrected chi connectivity index (χ2v) is 8.19. The first-order valence-corrected chi connectivity index (χ1v) is 9.61. The first kappa shape index (κ1) is 17.6. The van der Waals surface area contributed by atoms with E-state index in [2.05, 4.69) is 15.3 Å². The minimum atomic E-state index is -0.877. The molecule has 0 aliphatic heterocycles. The van der Waals surface area contributed by atoms with Crippen LogP contribution in [0.5, 0.6) is 0 Å². The predicted molar refractivity (Wildman–Crippen MR) is 94.3 cm³/mol. The normalized spacial score (nSPS) is 27.5. The van der Waals surface area contributed by atoms with E-state index in [-0.39, 0.29) is 28.6 Å². The molecule has 5 nitrogen and oxygen atoms in total. The standard InChI is InChI=1S/C17H16ClF2N3O2S/c18-17-22-14(9-5-6-10(19)26-9)12(20)15(23-17)21-13-8-3-1-7(2-4-8)11(13)16(24)25/h5-8,11,13H,1-4H2,(H,24,25)(H,21,22,23). The number of thiophene rings is 1. The fourth-order valence-corrected chi connectivity index (χ4v) is 5.17. The third-order valence-corrected chi connectivity index (χ3v) is 6.49. The lowest BCUT2D eigenvalue weighted by Crippen LogP contribution is -2.51. The fourth-order valence-electron chi connectivity index (χ4n) is 4.29. The Kier molecular flexibility index (Phi) is 4.56. The van der Waals surface area contributed by atoms with Gasteiger partial charge in [-0.05, 0) is 61.3 Å². The molecule has 138 valence electrons. The van der Waals surface area contributed by atoms with Crippen LogP contribution in [0.15, 0.2) is 12.1 Å². The summed E-state index contributed by atoms with van der Waals surface area (Å²) >= 11 is 6.70. The average molecular weight is 400 g/mol. The van der Waals surface area contributed by atoms with Gasteiger partial charge in [0.1, 0.15) is 5.69 Å². The van der Waals surface area contributed by atoms with Gasteiger partial charge in [0, 0.05) is 6.04 Å². The summed E-state index contributed by atoms with van der Waals surface area (Å²) in [6.45, 7) is 0. The van der Waals surface area contributed by atoms with E-state index in [1.54, 1.807) is 0 Å². The molecule has 0 amide bonds. The Balaban J connectivity index is 1.70. The van der Waals surface area contributed by atoms with Gasteiger partial charge < -0.3 is 10.4 Å². The van der Waals surface area contributed by atoms with E-state index in [4.69, 9.17) is 11.6 Å². The molecule has 3 saturated carbocycles. The molecule has 2 bridgehead atoms. The Hall–Kier alpha value is -1.80. The van der Waals surface area contributed by atoms with Gasteiger partial charge in [-0.3, -0.25) is 4.79 Å². The topological polar surface area (TPSA) is 75.1 Å². The molecular formula is C17H16ClF2N3O2S. The van der Waals surface area contributed by atoms with E-state index in [0.29, 0.717) is 4.88 Å². The maximum absolute atomic E-state index is 15.0. The molecule has 9 heteroatoms. The van der Waals surface area contributed by atoms with Crippen LogP contribution in [0.2, 0.25) is 5.28 Å². The number of aromatic nitrogens is 2. The zero-order valence-corrected chi connectivity index (χ0v) is 15.2. The Morgan fingerprint density at radius 3 is 2.50 bits per heavy atom. The van der Waals surface area contributed by atoms with E-state index in [9.17, 15) is 18.7 Å². The number of hydrogen-bond donors (Lipinski definition) is 2. The van der Waals surface area contributed by atoms with E-state index in [1.165, 1.54) is 12.1 Å². The second kappa shape index (κ2) is 6.74. The van der Waals surface area contributed by atoms with Crippen molar-refractivity contribution in [1.29, 1.82) is 0 Å². The number of nitrogens with zero attached hydrogens (tertiary/aromatic N) is 2. The number of hydrogen-bond acceptors (Lipinski definition) is 5. The molecule has 2 N–H and O–H groups in total. The predicted octanol–water partition coefficient (Wildman–Crippen LogP) is 4.44. The summed E-state index contributed by atoms with van der Waals surface area (Å²) < 4.78 is 28.3. The molecule has 0 saturated heterocycles. The van der Waals surface area contributed by atoms with Gasteiger partial charge in [-0.15, -0.1) is 11.3 Å². The van der Waals surface area contributed by atoms with Gasteiger partial charge in [-0.2, -0.15) is 9.37 Å². The van der Waals surface area contributed by atoms with Gasteiger partial charge in [-0.25, -0.2) is 9.37 Å². The van der Waals surface area contributed by atoms with E-state index in [1.807, 2.05) is 0 Å². The monoisotopic (exact) mass is 399 g/mol. The zero-order chi connectivity index (χ0) is 18.4. The number of carboxylic acids is 1. The highest BCUT2D eigenvalue weighted by Gasteiger charge is 2.47. The van der Waals surface area contributed by atoms with Gasteiger partial charge in [0.15, 0.2) is 16.8 Å². The Labute approximate surface area is 157 Å². The highest BCUT2D eigenvalue weighted by atomic mass is 35.5. The minimum Gasteiger partial charge on any atom is -0.481 e. The lowest BCUT2D eigenvalue weighted by atomic mass is 9.61. The number of carboxylic acid groups (broad SMARTS) is 1. The van der Waals surface area contributed by atoms with E-state index >= 15 is 0 Å². The molecule has 0 spiro atoms. The van der Waals surface area contributed by atoms with Crippen molar-refractivity contribution in [2.45, 2.75) is 31.7 Å². The van der Waals surface area contributed by atoms with Crippen LogP contribution in [0.3, 0.4) is 0 Å². The molecule has 3 aliphatic rings. The van der Waals surface area contributed by atoms with Crippen molar-refractivity contribution in [2.24, 2.45) is 17.8 Å². The number of carbonyl (C=O) groups is 1. The smallest absolute Gasteiger partial charge is 0.308 e. The highest BCUT2D eigenvalue weighted by molar-refractivity contribution is 7.13. The Morgan fingerprint density at radius 2 is 1.88 bits per heavy atom. The molecule has 2 aromatic rings. The lowest BCUT2D eigenvalue weighted by Gasteiger charge is -2.47.